The largest absolute Gasteiger partial charge is 0.469 e. The third-order valence-corrected chi connectivity index (χ3v) is 5.36. The molecule has 134 valence electrons. The van der Waals surface area contributed by atoms with Crippen molar-refractivity contribution in [1.82, 2.24) is 10.2 Å². The summed E-state index contributed by atoms with van der Waals surface area (Å²) in [6, 6.07) is 0. The van der Waals surface area contributed by atoms with Crippen LogP contribution in [-0.4, -0.2) is 39.5 Å². The molecule has 0 spiro atoms. The van der Waals surface area contributed by atoms with E-state index >= 15 is 0 Å². The lowest BCUT2D eigenvalue weighted by atomic mass is 9.92. The van der Waals surface area contributed by atoms with Gasteiger partial charge in [-0.25, -0.2) is 4.57 Å². The molecule has 0 aromatic rings. The average molecular weight is 358 g/mol. The lowest BCUT2D eigenvalue weighted by Crippen LogP contribution is -2.45. The number of allylic oxidation sites excluding steroid dienone is 1. The monoisotopic (exact) mass is 358 g/mol. The van der Waals surface area contributed by atoms with E-state index in [1.807, 2.05) is 18.7 Å². The molecule has 2 heterocycles. The summed E-state index contributed by atoms with van der Waals surface area (Å²) in [6.07, 6.45) is 2.97. The van der Waals surface area contributed by atoms with Crippen LogP contribution in [0.2, 0.25) is 0 Å². The predicted molar refractivity (Wildman–Crippen MR) is 85.0 cm³/mol. The Kier molecular flexibility index (Phi) is 4.61. The van der Waals surface area contributed by atoms with Crippen molar-refractivity contribution in [3.63, 3.8) is 0 Å². The van der Waals surface area contributed by atoms with E-state index in [9.17, 15) is 9.36 Å². The van der Waals surface area contributed by atoms with E-state index in [-0.39, 0.29) is 30.6 Å². The molecule has 9 heteroatoms. The Bertz CT molecular complexity index is 648. The SMILES string of the molecule is CC1=CN(C2OC(COP(=O)(O)O)C(C)C2C)C(=C2CC2)NC1=O. The number of nitrogens with zero attached hydrogens (tertiary/aromatic N) is 1. The molecule has 0 radical (unpaired) electrons. The van der Waals surface area contributed by atoms with Crippen molar-refractivity contribution in [2.24, 2.45) is 11.8 Å². The van der Waals surface area contributed by atoms with Gasteiger partial charge in [0, 0.05) is 17.7 Å². The highest BCUT2D eigenvalue weighted by Crippen LogP contribution is 2.42. The zero-order valence-corrected chi connectivity index (χ0v) is 14.8. The summed E-state index contributed by atoms with van der Waals surface area (Å²) in [7, 11) is -4.52. The van der Waals surface area contributed by atoms with Crippen molar-refractivity contribution >= 4 is 13.7 Å². The first kappa shape index (κ1) is 17.6. The van der Waals surface area contributed by atoms with E-state index in [1.54, 1.807) is 13.1 Å². The Morgan fingerprint density at radius 1 is 1.38 bits per heavy atom. The standard InChI is InChI=1S/C15H23N2O6P/c1-8-6-17(13(11-4-5-11)16-14(8)18)15-10(3)9(2)12(23-15)7-22-24(19,20)21/h6,9-10,12,15H,4-5,7H2,1-3H3,(H,16,18)(H2,19,20,21). The number of hydrogen-bond acceptors (Lipinski definition) is 5. The van der Waals surface area contributed by atoms with Crippen molar-refractivity contribution < 1.29 is 28.4 Å². The summed E-state index contributed by atoms with van der Waals surface area (Å²) in [5.41, 5.74) is 1.78. The maximum atomic E-state index is 11.9. The van der Waals surface area contributed by atoms with Gasteiger partial charge in [-0.3, -0.25) is 9.32 Å². The summed E-state index contributed by atoms with van der Waals surface area (Å²) < 4.78 is 21.6. The lowest BCUT2D eigenvalue weighted by molar-refractivity contribution is -0.119. The minimum Gasteiger partial charge on any atom is -0.352 e. The molecule has 1 aliphatic carbocycles. The lowest BCUT2D eigenvalue weighted by Gasteiger charge is -2.35. The number of nitrogens with one attached hydrogen (secondary N) is 1. The summed E-state index contributed by atoms with van der Waals surface area (Å²) in [5.74, 6) is 0.828. The van der Waals surface area contributed by atoms with Crippen molar-refractivity contribution in [3.8, 4) is 0 Å². The van der Waals surface area contributed by atoms with E-state index in [2.05, 4.69) is 9.84 Å². The van der Waals surface area contributed by atoms with Gasteiger partial charge in [0.2, 0.25) is 0 Å². The molecule has 1 amide bonds. The Morgan fingerprint density at radius 3 is 2.62 bits per heavy atom. The highest BCUT2D eigenvalue weighted by atomic mass is 31.2. The summed E-state index contributed by atoms with van der Waals surface area (Å²) >= 11 is 0. The fourth-order valence-electron chi connectivity index (χ4n) is 3.08. The van der Waals surface area contributed by atoms with E-state index < -0.39 is 13.9 Å². The highest BCUT2D eigenvalue weighted by molar-refractivity contribution is 7.46. The van der Waals surface area contributed by atoms with E-state index in [0.717, 1.165) is 18.7 Å². The minimum absolute atomic E-state index is 0.0540. The molecule has 0 aromatic carbocycles. The molecule has 8 nitrogen and oxygen atoms in total. The van der Waals surface area contributed by atoms with Crippen LogP contribution in [0.4, 0.5) is 0 Å². The van der Waals surface area contributed by atoms with Gasteiger partial charge in [-0.15, -0.1) is 0 Å². The molecule has 4 atom stereocenters. The Balaban J connectivity index is 1.79. The minimum atomic E-state index is -4.52. The van der Waals surface area contributed by atoms with Gasteiger partial charge in [0.05, 0.1) is 12.7 Å². The first-order chi connectivity index (χ1) is 11.2. The molecule has 1 saturated heterocycles. The number of carbonyl (C=O) groups excluding carboxylic acids is 1. The first-order valence-corrected chi connectivity index (χ1v) is 9.56. The van der Waals surface area contributed by atoms with Crippen LogP contribution in [-0.2, 0) is 18.6 Å². The van der Waals surface area contributed by atoms with E-state index in [1.165, 1.54) is 5.57 Å². The topological polar surface area (TPSA) is 108 Å². The zero-order chi connectivity index (χ0) is 17.6. The zero-order valence-electron chi connectivity index (χ0n) is 13.9. The summed E-state index contributed by atoms with van der Waals surface area (Å²) in [5, 5.41) is 2.92. The van der Waals surface area contributed by atoms with Crippen LogP contribution in [0.15, 0.2) is 23.2 Å². The average Bonchev–Trinajstić information content (AvgIpc) is 3.28. The molecule has 24 heavy (non-hydrogen) atoms. The summed E-state index contributed by atoms with van der Waals surface area (Å²) in [4.78, 5) is 31.7. The molecule has 2 fully saturated rings. The maximum absolute atomic E-state index is 11.9. The van der Waals surface area contributed by atoms with E-state index in [0.29, 0.717) is 5.57 Å². The predicted octanol–water partition coefficient (Wildman–Crippen LogP) is 1.43. The highest BCUT2D eigenvalue weighted by Gasteiger charge is 2.45. The molecular weight excluding hydrogens is 335 g/mol. The molecule has 1 saturated carbocycles. The van der Waals surface area contributed by atoms with Crippen molar-refractivity contribution in [2.75, 3.05) is 6.61 Å². The van der Waals surface area contributed by atoms with Gasteiger partial charge in [-0.1, -0.05) is 13.8 Å². The maximum Gasteiger partial charge on any atom is 0.469 e. The second kappa shape index (κ2) is 6.28. The fourth-order valence-corrected chi connectivity index (χ4v) is 3.42. The summed E-state index contributed by atoms with van der Waals surface area (Å²) in [6.45, 7) is 5.58. The van der Waals surface area contributed by atoms with Crippen LogP contribution in [0.1, 0.15) is 33.6 Å². The van der Waals surface area contributed by atoms with Gasteiger partial charge in [-0.2, -0.15) is 0 Å². The third-order valence-electron chi connectivity index (χ3n) is 4.88. The molecular formula is C15H23N2O6P. The van der Waals surface area contributed by atoms with Crippen molar-refractivity contribution in [3.05, 3.63) is 23.2 Å². The second-order valence-electron chi connectivity index (χ2n) is 6.70. The van der Waals surface area contributed by atoms with Crippen molar-refractivity contribution in [2.45, 2.75) is 45.9 Å². The number of ether oxygens (including phenoxy) is 1. The van der Waals surface area contributed by atoms with Crippen LogP contribution >= 0.6 is 7.82 Å². The van der Waals surface area contributed by atoms with Gasteiger partial charge in [0.25, 0.3) is 5.91 Å². The third kappa shape index (κ3) is 3.58. The van der Waals surface area contributed by atoms with Gasteiger partial charge in [0.1, 0.15) is 12.0 Å². The number of carbonyl (C=O) groups is 1. The molecule has 2 aliphatic heterocycles. The molecule has 4 unspecified atom stereocenters. The van der Waals surface area contributed by atoms with Crippen LogP contribution in [0.25, 0.3) is 0 Å². The number of amides is 1. The quantitative estimate of drug-likeness (QED) is 0.653. The van der Waals surface area contributed by atoms with E-state index in [4.69, 9.17) is 14.5 Å². The number of hydrogen-bond donors (Lipinski definition) is 3. The number of rotatable bonds is 4. The van der Waals surface area contributed by atoms with Gasteiger partial charge >= 0.3 is 7.82 Å². The molecule has 3 N–H and O–H groups in total. The molecule has 3 rings (SSSR count). The molecule has 0 bridgehead atoms. The number of phosphoric ester groups is 1. The van der Waals surface area contributed by atoms with Crippen LogP contribution in [0.5, 0.6) is 0 Å². The molecule has 0 aromatic heterocycles. The number of phosphoric acid groups is 1. The van der Waals surface area contributed by atoms with Crippen LogP contribution in [0.3, 0.4) is 0 Å². The Morgan fingerprint density at radius 2 is 2.04 bits per heavy atom. The fraction of sp³-hybridized carbons (Fsp3) is 0.667. The first-order valence-electron chi connectivity index (χ1n) is 8.03. The second-order valence-corrected chi connectivity index (χ2v) is 7.93. The molecule has 3 aliphatic rings. The van der Waals surface area contributed by atoms with Gasteiger partial charge in [-0.05, 0) is 31.3 Å². The Labute approximate surface area is 140 Å². The van der Waals surface area contributed by atoms with Crippen LogP contribution in [0, 0.1) is 11.8 Å². The smallest absolute Gasteiger partial charge is 0.352 e. The van der Waals surface area contributed by atoms with Gasteiger partial charge < -0.3 is 24.7 Å². The Hall–Kier alpha value is -1.18. The van der Waals surface area contributed by atoms with Crippen molar-refractivity contribution in [1.29, 1.82) is 0 Å². The van der Waals surface area contributed by atoms with Crippen LogP contribution < -0.4 is 5.32 Å². The normalized spacial score (nSPS) is 33.6. The van der Waals surface area contributed by atoms with Gasteiger partial charge in [0.15, 0.2) is 0 Å².